The average Bonchev–Trinajstić information content (AvgIpc) is 3.27. The van der Waals surface area contributed by atoms with Gasteiger partial charge in [-0.2, -0.15) is 0 Å². The van der Waals surface area contributed by atoms with Crippen molar-refractivity contribution in [2.45, 2.75) is 20.3 Å². The quantitative estimate of drug-likeness (QED) is 0.268. The molecule has 0 saturated heterocycles. The number of hydrogen-bond acceptors (Lipinski definition) is 5. The highest BCUT2D eigenvalue weighted by Gasteiger charge is 2.30. The van der Waals surface area contributed by atoms with Crippen molar-refractivity contribution in [2.75, 3.05) is 5.32 Å². The number of anilines is 2. The number of nitrogens with one attached hydrogen (secondary N) is 1. The van der Waals surface area contributed by atoms with Gasteiger partial charge >= 0.3 is 5.97 Å². The number of aliphatic carboxylic acids is 1. The largest absolute Gasteiger partial charge is 0.481 e. The lowest BCUT2D eigenvalue weighted by molar-refractivity contribution is -0.146. The third-order valence-electron chi connectivity index (χ3n) is 5.48. The summed E-state index contributed by atoms with van der Waals surface area (Å²) in [5.74, 6) is -1.49. The third-order valence-corrected chi connectivity index (χ3v) is 6.24. The lowest BCUT2D eigenvalue weighted by Crippen LogP contribution is -2.26. The maximum absolute atomic E-state index is 13.4. The maximum atomic E-state index is 13.4. The topological polar surface area (TPSA) is 79.3 Å². The van der Waals surface area contributed by atoms with Gasteiger partial charge < -0.3 is 10.4 Å². The van der Waals surface area contributed by atoms with Gasteiger partial charge in [0, 0.05) is 28.6 Å². The van der Waals surface area contributed by atoms with Crippen LogP contribution in [0.25, 0.3) is 22.4 Å². The predicted octanol–water partition coefficient (Wildman–Crippen LogP) is 7.04. The summed E-state index contributed by atoms with van der Waals surface area (Å²) in [6.45, 7) is 3.10. The van der Waals surface area contributed by atoms with Crippen LogP contribution in [0.2, 0.25) is 0 Å². The SMILES string of the molecule is CC(C)(CC(=O)c1ccc(-c2ccc(-c3csc(Nc4cccc(F)c4)n3)cc2)cc1)C(=O)O. The lowest BCUT2D eigenvalue weighted by Gasteiger charge is -2.17. The highest BCUT2D eigenvalue weighted by Crippen LogP contribution is 2.30. The summed E-state index contributed by atoms with van der Waals surface area (Å²) in [5.41, 5.74) is 3.75. The predicted molar refractivity (Wildman–Crippen MR) is 133 cm³/mol. The molecule has 0 spiro atoms. The fourth-order valence-electron chi connectivity index (χ4n) is 3.41. The molecule has 0 bridgehead atoms. The van der Waals surface area contributed by atoms with Gasteiger partial charge in [-0.25, -0.2) is 9.37 Å². The number of halogens is 1. The second-order valence-corrected chi connectivity index (χ2v) is 9.48. The summed E-state index contributed by atoms with van der Waals surface area (Å²) < 4.78 is 13.4. The molecule has 0 atom stereocenters. The van der Waals surface area contributed by atoms with E-state index in [1.165, 1.54) is 23.5 Å². The van der Waals surface area contributed by atoms with E-state index in [-0.39, 0.29) is 18.0 Å². The first-order valence-electron chi connectivity index (χ1n) is 10.7. The highest BCUT2D eigenvalue weighted by atomic mass is 32.1. The van der Waals surface area contributed by atoms with E-state index in [1.807, 2.05) is 41.8 Å². The van der Waals surface area contributed by atoms with Gasteiger partial charge in [0.15, 0.2) is 10.9 Å². The minimum Gasteiger partial charge on any atom is -0.481 e. The van der Waals surface area contributed by atoms with Crippen molar-refractivity contribution in [3.63, 3.8) is 0 Å². The number of carbonyl (C=O) groups is 2. The number of thiazole rings is 1. The van der Waals surface area contributed by atoms with Crippen molar-refractivity contribution in [1.82, 2.24) is 4.98 Å². The Morgan fingerprint density at radius 1 is 0.971 bits per heavy atom. The molecule has 34 heavy (non-hydrogen) atoms. The molecule has 0 saturated carbocycles. The normalized spacial score (nSPS) is 11.3. The minimum atomic E-state index is -1.10. The monoisotopic (exact) mass is 474 g/mol. The first-order valence-corrected chi connectivity index (χ1v) is 11.5. The Morgan fingerprint density at radius 3 is 2.21 bits per heavy atom. The molecular formula is C27H23FN2O3S. The van der Waals surface area contributed by atoms with E-state index in [0.717, 1.165) is 22.4 Å². The summed E-state index contributed by atoms with van der Waals surface area (Å²) in [6.07, 6.45) is -0.0555. The molecule has 4 rings (SSSR count). The third kappa shape index (κ3) is 5.38. The number of Topliss-reactive ketones (excluding diaryl/α,β-unsaturated/α-hetero) is 1. The average molecular weight is 475 g/mol. The molecule has 3 aromatic carbocycles. The number of carbonyl (C=O) groups excluding carboxylic acids is 1. The zero-order valence-corrected chi connectivity index (χ0v) is 19.5. The van der Waals surface area contributed by atoms with E-state index >= 15 is 0 Å². The number of benzene rings is 3. The van der Waals surface area contributed by atoms with Gasteiger partial charge in [0.2, 0.25) is 0 Å². The second kappa shape index (κ2) is 9.57. The fraction of sp³-hybridized carbons (Fsp3) is 0.148. The minimum absolute atomic E-state index is 0.0555. The van der Waals surface area contributed by atoms with Gasteiger partial charge in [-0.05, 0) is 43.2 Å². The van der Waals surface area contributed by atoms with Crippen LogP contribution in [0, 0.1) is 11.2 Å². The van der Waals surface area contributed by atoms with Crippen LogP contribution in [0.5, 0.6) is 0 Å². The molecule has 5 nitrogen and oxygen atoms in total. The molecule has 2 N–H and O–H groups in total. The van der Waals surface area contributed by atoms with E-state index < -0.39 is 11.4 Å². The summed E-state index contributed by atoms with van der Waals surface area (Å²) in [6, 6.07) is 21.3. The van der Waals surface area contributed by atoms with Crippen LogP contribution in [0.15, 0.2) is 78.2 Å². The van der Waals surface area contributed by atoms with Crippen molar-refractivity contribution in [2.24, 2.45) is 5.41 Å². The van der Waals surface area contributed by atoms with Crippen LogP contribution in [0.4, 0.5) is 15.2 Å². The summed E-state index contributed by atoms with van der Waals surface area (Å²) >= 11 is 1.44. The van der Waals surface area contributed by atoms with Gasteiger partial charge in [0.1, 0.15) is 5.82 Å². The fourth-order valence-corrected chi connectivity index (χ4v) is 4.15. The van der Waals surface area contributed by atoms with Crippen molar-refractivity contribution in [3.05, 3.63) is 89.6 Å². The van der Waals surface area contributed by atoms with Gasteiger partial charge in [-0.1, -0.05) is 54.6 Å². The van der Waals surface area contributed by atoms with Crippen LogP contribution in [-0.2, 0) is 4.79 Å². The number of hydrogen-bond donors (Lipinski definition) is 2. The number of aromatic nitrogens is 1. The summed E-state index contributed by atoms with van der Waals surface area (Å²) in [4.78, 5) is 28.3. The number of carboxylic acid groups (broad SMARTS) is 1. The highest BCUT2D eigenvalue weighted by molar-refractivity contribution is 7.14. The standard InChI is InChI=1S/C27H23FN2O3S/c1-27(2,25(32)33)15-24(31)20-12-8-18(9-13-20)17-6-10-19(11-7-17)23-16-34-26(30-23)29-22-5-3-4-21(28)14-22/h3-14,16H,15H2,1-2H3,(H,29,30)(H,32,33). The van der Waals surface area contributed by atoms with Gasteiger partial charge in [-0.3, -0.25) is 9.59 Å². The first-order chi connectivity index (χ1) is 16.2. The Balaban J connectivity index is 1.44. The second-order valence-electron chi connectivity index (χ2n) is 8.62. The van der Waals surface area contributed by atoms with Gasteiger partial charge in [0.25, 0.3) is 0 Å². The molecule has 1 heterocycles. The molecule has 7 heteroatoms. The first kappa shape index (κ1) is 23.3. The Kier molecular flexibility index (Phi) is 6.56. The van der Waals surface area contributed by atoms with Crippen molar-refractivity contribution >= 4 is 33.9 Å². The number of ketones is 1. The van der Waals surface area contributed by atoms with Crippen molar-refractivity contribution in [3.8, 4) is 22.4 Å². The Labute approximate surface area is 200 Å². The molecule has 0 aliphatic heterocycles. The van der Waals surface area contributed by atoms with E-state index in [1.54, 1.807) is 38.1 Å². The molecule has 172 valence electrons. The molecule has 0 unspecified atom stereocenters. The Morgan fingerprint density at radius 2 is 1.59 bits per heavy atom. The van der Waals surface area contributed by atoms with Crippen LogP contribution in [0.3, 0.4) is 0 Å². The van der Waals surface area contributed by atoms with E-state index in [4.69, 9.17) is 0 Å². The van der Waals surface area contributed by atoms with E-state index in [2.05, 4.69) is 10.3 Å². The van der Waals surface area contributed by atoms with E-state index in [0.29, 0.717) is 16.4 Å². The number of rotatable bonds is 8. The molecule has 0 radical (unpaired) electrons. The maximum Gasteiger partial charge on any atom is 0.309 e. The molecule has 0 amide bonds. The smallest absolute Gasteiger partial charge is 0.309 e. The van der Waals surface area contributed by atoms with Crippen molar-refractivity contribution < 1.29 is 19.1 Å². The molecule has 0 aliphatic rings. The van der Waals surface area contributed by atoms with E-state index in [9.17, 15) is 19.1 Å². The Bertz CT molecular complexity index is 1330. The van der Waals surface area contributed by atoms with Crippen LogP contribution < -0.4 is 5.32 Å². The molecule has 4 aromatic rings. The van der Waals surface area contributed by atoms with Crippen molar-refractivity contribution in [1.29, 1.82) is 0 Å². The number of carboxylic acids is 1. The lowest BCUT2D eigenvalue weighted by atomic mass is 9.85. The summed E-state index contributed by atoms with van der Waals surface area (Å²) in [5, 5.41) is 15.0. The molecule has 0 aliphatic carbocycles. The van der Waals surface area contributed by atoms with Crippen LogP contribution >= 0.6 is 11.3 Å². The molecule has 0 fully saturated rings. The van der Waals surface area contributed by atoms with Gasteiger partial charge in [-0.15, -0.1) is 11.3 Å². The molecule has 1 aromatic heterocycles. The van der Waals surface area contributed by atoms with Crippen LogP contribution in [0.1, 0.15) is 30.6 Å². The van der Waals surface area contributed by atoms with Crippen LogP contribution in [-0.4, -0.2) is 21.8 Å². The zero-order valence-electron chi connectivity index (χ0n) is 18.7. The zero-order chi connectivity index (χ0) is 24.3. The number of nitrogens with zero attached hydrogens (tertiary/aromatic N) is 1. The Hall–Kier alpha value is -3.84. The van der Waals surface area contributed by atoms with Gasteiger partial charge in [0.05, 0.1) is 11.1 Å². The summed E-state index contributed by atoms with van der Waals surface area (Å²) in [7, 11) is 0. The molecular weight excluding hydrogens is 451 g/mol.